The Morgan fingerprint density at radius 3 is 2.10 bits per heavy atom. The van der Waals surface area contributed by atoms with Crippen molar-refractivity contribution in [3.8, 4) is 0 Å². The molecule has 0 aliphatic heterocycles. The number of benzene rings is 1. The Kier molecular flexibility index (Phi) is 7.08. The van der Waals surface area contributed by atoms with Gasteiger partial charge in [-0.15, -0.1) is 11.3 Å². The fourth-order valence-electron chi connectivity index (χ4n) is 2.76. The summed E-state index contributed by atoms with van der Waals surface area (Å²) in [6, 6.07) is 5.72. The fraction of sp³-hybridized carbons (Fsp3) is 0.435. The summed E-state index contributed by atoms with van der Waals surface area (Å²) < 4.78 is 5.46. The zero-order chi connectivity index (χ0) is 22.8. The van der Waals surface area contributed by atoms with Crippen LogP contribution in [0.3, 0.4) is 0 Å². The molecule has 0 saturated carbocycles. The van der Waals surface area contributed by atoms with Crippen LogP contribution in [0, 0.1) is 33.1 Å². The minimum absolute atomic E-state index is 0.196. The van der Waals surface area contributed by atoms with Crippen LogP contribution in [0.25, 0.3) is 0 Å². The second-order valence-corrected chi connectivity index (χ2v) is 9.72. The van der Waals surface area contributed by atoms with Crippen molar-refractivity contribution in [3.05, 3.63) is 45.3 Å². The molecule has 2 N–H and O–H groups in total. The van der Waals surface area contributed by atoms with Crippen LogP contribution in [0.15, 0.2) is 18.2 Å². The van der Waals surface area contributed by atoms with Crippen LogP contribution in [-0.4, -0.2) is 23.9 Å². The summed E-state index contributed by atoms with van der Waals surface area (Å²) >= 11 is 1.32. The number of nitrogens with one attached hydrogen (secondary N) is 2. The number of para-hydroxylation sites is 1. The van der Waals surface area contributed by atoms with Gasteiger partial charge in [-0.25, -0.2) is 4.79 Å². The smallest absolute Gasteiger partial charge is 0.342 e. The Morgan fingerprint density at radius 1 is 1.00 bits per heavy atom. The van der Waals surface area contributed by atoms with E-state index in [0.29, 0.717) is 16.3 Å². The molecule has 30 heavy (non-hydrogen) atoms. The van der Waals surface area contributed by atoms with Crippen LogP contribution in [0.1, 0.15) is 59.6 Å². The topological polar surface area (TPSA) is 84.5 Å². The summed E-state index contributed by atoms with van der Waals surface area (Å²) in [4.78, 5) is 38.8. The van der Waals surface area contributed by atoms with Crippen LogP contribution in [-0.2, 0) is 14.3 Å². The van der Waals surface area contributed by atoms with Gasteiger partial charge in [0.1, 0.15) is 5.00 Å². The number of ether oxygens (including phenoxy) is 1. The number of anilines is 2. The summed E-state index contributed by atoms with van der Waals surface area (Å²) in [5.74, 6) is -1.24. The third-order valence-electron chi connectivity index (χ3n) is 4.88. The lowest BCUT2D eigenvalue weighted by Gasteiger charge is -2.19. The van der Waals surface area contributed by atoms with Gasteiger partial charge in [0.05, 0.1) is 5.56 Å². The van der Waals surface area contributed by atoms with Crippen LogP contribution >= 0.6 is 11.3 Å². The molecule has 1 atom stereocenters. The second-order valence-electron chi connectivity index (χ2n) is 8.50. The lowest BCUT2D eigenvalue weighted by molar-refractivity contribution is -0.124. The van der Waals surface area contributed by atoms with Gasteiger partial charge in [0.2, 0.25) is 5.91 Å². The number of hydrogen-bond donors (Lipinski definition) is 2. The van der Waals surface area contributed by atoms with E-state index >= 15 is 0 Å². The number of carbonyl (C=O) groups excluding carboxylic acids is 3. The SMILES string of the molecule is Cc1cccc(C)c1NC(=O)C(C)OC(=O)c1c(NC(=O)C(C)(C)C)sc(C)c1C. The van der Waals surface area contributed by atoms with E-state index in [1.54, 1.807) is 27.7 Å². The van der Waals surface area contributed by atoms with Crippen molar-refractivity contribution in [2.75, 3.05) is 10.6 Å². The van der Waals surface area contributed by atoms with E-state index in [9.17, 15) is 14.4 Å². The average Bonchev–Trinajstić information content (AvgIpc) is 2.90. The zero-order valence-corrected chi connectivity index (χ0v) is 19.7. The van der Waals surface area contributed by atoms with E-state index in [4.69, 9.17) is 4.74 Å². The summed E-state index contributed by atoms with van der Waals surface area (Å²) in [5, 5.41) is 6.11. The standard InChI is InChI=1S/C23H30N2O4S/c1-12-10-9-11-13(2)18(12)24-19(26)15(4)29-21(27)17-14(3)16(5)30-20(17)25-22(28)23(6,7)8/h9-11,15H,1-8H3,(H,24,26)(H,25,28). The number of carbonyl (C=O) groups is 3. The van der Waals surface area contributed by atoms with E-state index in [-0.39, 0.29) is 5.91 Å². The fourth-order valence-corrected chi connectivity index (χ4v) is 3.80. The molecule has 1 unspecified atom stereocenters. The van der Waals surface area contributed by atoms with Crippen molar-refractivity contribution < 1.29 is 19.1 Å². The first kappa shape index (κ1) is 23.6. The predicted octanol–water partition coefficient (Wildman–Crippen LogP) is 5.15. The first-order chi connectivity index (χ1) is 13.8. The number of thiophene rings is 1. The molecule has 0 radical (unpaired) electrons. The number of amides is 2. The van der Waals surface area contributed by atoms with Crippen LogP contribution < -0.4 is 10.6 Å². The van der Waals surface area contributed by atoms with E-state index in [1.807, 2.05) is 39.0 Å². The van der Waals surface area contributed by atoms with Gasteiger partial charge >= 0.3 is 5.97 Å². The Bertz CT molecular complexity index is 966. The minimum Gasteiger partial charge on any atom is -0.449 e. The molecule has 2 aromatic rings. The monoisotopic (exact) mass is 430 g/mol. The molecule has 7 heteroatoms. The Morgan fingerprint density at radius 2 is 1.57 bits per heavy atom. The van der Waals surface area contributed by atoms with Crippen molar-refractivity contribution >= 4 is 39.8 Å². The third-order valence-corrected chi connectivity index (χ3v) is 6.00. The molecule has 2 rings (SSSR count). The number of esters is 1. The normalized spacial score (nSPS) is 12.3. The molecule has 0 saturated heterocycles. The van der Waals surface area contributed by atoms with Crippen molar-refractivity contribution in [1.82, 2.24) is 0 Å². The van der Waals surface area contributed by atoms with E-state index in [1.165, 1.54) is 18.3 Å². The molecule has 0 bridgehead atoms. The quantitative estimate of drug-likeness (QED) is 0.643. The minimum atomic E-state index is -0.998. The van der Waals surface area contributed by atoms with Gasteiger partial charge in [-0.3, -0.25) is 9.59 Å². The van der Waals surface area contributed by atoms with Crippen LogP contribution in [0.4, 0.5) is 10.7 Å². The summed E-state index contributed by atoms with van der Waals surface area (Å²) in [6.07, 6.45) is -0.998. The molecular formula is C23H30N2O4S. The molecule has 2 amide bonds. The highest BCUT2D eigenvalue weighted by Crippen LogP contribution is 2.34. The van der Waals surface area contributed by atoms with Gasteiger partial charge in [0, 0.05) is 16.0 Å². The molecule has 0 fully saturated rings. The highest BCUT2D eigenvalue weighted by molar-refractivity contribution is 7.16. The van der Waals surface area contributed by atoms with Gasteiger partial charge in [-0.2, -0.15) is 0 Å². The average molecular weight is 431 g/mol. The van der Waals surface area contributed by atoms with Gasteiger partial charge in [0.25, 0.3) is 5.91 Å². The first-order valence-corrected chi connectivity index (χ1v) is 10.6. The highest BCUT2D eigenvalue weighted by atomic mass is 32.1. The molecule has 1 aromatic carbocycles. The van der Waals surface area contributed by atoms with Gasteiger partial charge in [0.15, 0.2) is 6.10 Å². The molecule has 6 nitrogen and oxygen atoms in total. The van der Waals surface area contributed by atoms with Gasteiger partial charge in [-0.05, 0) is 51.3 Å². The molecule has 1 heterocycles. The Hall–Kier alpha value is -2.67. The van der Waals surface area contributed by atoms with Crippen molar-refractivity contribution in [1.29, 1.82) is 0 Å². The molecule has 0 aliphatic rings. The lowest BCUT2D eigenvalue weighted by atomic mass is 9.96. The number of hydrogen-bond acceptors (Lipinski definition) is 5. The molecule has 0 aliphatic carbocycles. The first-order valence-electron chi connectivity index (χ1n) is 9.82. The largest absolute Gasteiger partial charge is 0.449 e. The predicted molar refractivity (Wildman–Crippen MR) is 121 cm³/mol. The maximum absolute atomic E-state index is 12.9. The zero-order valence-electron chi connectivity index (χ0n) is 18.9. The Labute approximate surface area is 182 Å². The third kappa shape index (κ3) is 5.27. The summed E-state index contributed by atoms with van der Waals surface area (Å²) in [5.41, 5.74) is 2.99. The van der Waals surface area contributed by atoms with Crippen LogP contribution in [0.5, 0.6) is 0 Å². The van der Waals surface area contributed by atoms with E-state index < -0.39 is 23.4 Å². The number of aryl methyl sites for hydroxylation is 3. The number of rotatable bonds is 5. The summed E-state index contributed by atoms with van der Waals surface area (Å²) in [7, 11) is 0. The molecule has 162 valence electrons. The lowest BCUT2D eigenvalue weighted by Crippen LogP contribution is -2.31. The van der Waals surface area contributed by atoms with Crippen molar-refractivity contribution in [3.63, 3.8) is 0 Å². The highest BCUT2D eigenvalue weighted by Gasteiger charge is 2.29. The van der Waals surface area contributed by atoms with Crippen molar-refractivity contribution in [2.24, 2.45) is 5.41 Å². The second kappa shape index (κ2) is 9.00. The molecule has 0 spiro atoms. The maximum Gasteiger partial charge on any atom is 0.342 e. The van der Waals surface area contributed by atoms with Gasteiger partial charge in [-0.1, -0.05) is 39.0 Å². The Balaban J connectivity index is 2.19. The summed E-state index contributed by atoms with van der Waals surface area (Å²) in [6.45, 7) is 14.4. The maximum atomic E-state index is 12.9. The molecular weight excluding hydrogens is 400 g/mol. The van der Waals surface area contributed by atoms with E-state index in [2.05, 4.69) is 10.6 Å². The molecule has 1 aromatic heterocycles. The van der Waals surface area contributed by atoms with Gasteiger partial charge < -0.3 is 15.4 Å². The van der Waals surface area contributed by atoms with Crippen LogP contribution in [0.2, 0.25) is 0 Å². The van der Waals surface area contributed by atoms with Crippen molar-refractivity contribution in [2.45, 2.75) is 61.5 Å². The van der Waals surface area contributed by atoms with E-state index in [0.717, 1.165) is 21.6 Å².